The first-order valence-corrected chi connectivity index (χ1v) is 11.0. The number of methoxy groups -OCH3 is 2. The van der Waals surface area contributed by atoms with E-state index in [1.54, 1.807) is 38.2 Å². The molecule has 1 N–H and O–H groups in total. The van der Waals surface area contributed by atoms with Crippen molar-refractivity contribution >= 4 is 17.8 Å². The van der Waals surface area contributed by atoms with Gasteiger partial charge in [-0.15, -0.1) is 0 Å². The maximum Gasteiger partial charge on any atom is 0.311 e. The van der Waals surface area contributed by atoms with Crippen LogP contribution in [0.15, 0.2) is 42.5 Å². The Morgan fingerprint density at radius 2 is 1.82 bits per heavy atom. The van der Waals surface area contributed by atoms with E-state index in [-0.39, 0.29) is 30.7 Å². The molecule has 1 heterocycles. The number of hydrogen-bond acceptors (Lipinski definition) is 6. The molecule has 1 saturated heterocycles. The van der Waals surface area contributed by atoms with E-state index in [2.05, 4.69) is 5.32 Å². The summed E-state index contributed by atoms with van der Waals surface area (Å²) in [5.74, 6) is -0.910. The number of esters is 1. The molecule has 0 radical (unpaired) electrons. The first-order valence-electron chi connectivity index (χ1n) is 11.0. The van der Waals surface area contributed by atoms with E-state index in [9.17, 15) is 18.8 Å². The Morgan fingerprint density at radius 3 is 2.50 bits per heavy atom. The predicted octanol–water partition coefficient (Wildman–Crippen LogP) is 2.65. The van der Waals surface area contributed by atoms with Crippen molar-refractivity contribution in [2.45, 2.75) is 25.8 Å². The van der Waals surface area contributed by atoms with Crippen LogP contribution >= 0.6 is 0 Å². The first kappa shape index (κ1) is 25.0. The van der Waals surface area contributed by atoms with Crippen LogP contribution in [-0.4, -0.2) is 56.6 Å². The summed E-state index contributed by atoms with van der Waals surface area (Å²) in [7, 11) is 3.13. The van der Waals surface area contributed by atoms with Gasteiger partial charge >= 0.3 is 5.97 Å². The van der Waals surface area contributed by atoms with Crippen LogP contribution in [0, 0.1) is 11.7 Å². The number of likely N-dealkylation sites (tertiary alicyclic amines) is 1. The van der Waals surface area contributed by atoms with Crippen LogP contribution in [0.4, 0.5) is 4.39 Å². The van der Waals surface area contributed by atoms with Crippen molar-refractivity contribution in [3.8, 4) is 11.5 Å². The SMILES string of the molecule is COc1ccc(CCN2CC(C(=O)OCC(=O)NC(C)c3ccc(F)cc3)CC2=O)cc1OC. The van der Waals surface area contributed by atoms with Crippen molar-refractivity contribution in [2.75, 3.05) is 33.9 Å². The quantitative estimate of drug-likeness (QED) is 0.535. The summed E-state index contributed by atoms with van der Waals surface area (Å²) in [4.78, 5) is 38.5. The van der Waals surface area contributed by atoms with Crippen LogP contribution in [0.2, 0.25) is 0 Å². The Balaban J connectivity index is 1.44. The van der Waals surface area contributed by atoms with E-state index in [0.717, 1.165) is 11.1 Å². The molecule has 1 aliphatic heterocycles. The lowest BCUT2D eigenvalue weighted by Gasteiger charge is -2.17. The van der Waals surface area contributed by atoms with Crippen LogP contribution < -0.4 is 14.8 Å². The van der Waals surface area contributed by atoms with Crippen molar-refractivity contribution in [2.24, 2.45) is 5.92 Å². The lowest BCUT2D eigenvalue weighted by atomic mass is 10.1. The second-order valence-corrected chi connectivity index (χ2v) is 8.13. The minimum Gasteiger partial charge on any atom is -0.493 e. The average molecular weight is 473 g/mol. The monoisotopic (exact) mass is 472 g/mol. The maximum absolute atomic E-state index is 13.0. The molecule has 3 rings (SSSR count). The third-order valence-electron chi connectivity index (χ3n) is 5.76. The smallest absolute Gasteiger partial charge is 0.311 e. The van der Waals surface area contributed by atoms with Gasteiger partial charge in [0.2, 0.25) is 5.91 Å². The minimum absolute atomic E-state index is 0.0539. The van der Waals surface area contributed by atoms with Crippen molar-refractivity contribution < 1.29 is 33.0 Å². The Bertz CT molecular complexity index is 1030. The number of ether oxygens (including phenoxy) is 3. The molecule has 0 aromatic heterocycles. The van der Waals surface area contributed by atoms with Crippen molar-refractivity contribution in [3.63, 3.8) is 0 Å². The molecular weight excluding hydrogens is 443 g/mol. The fourth-order valence-electron chi connectivity index (χ4n) is 3.82. The average Bonchev–Trinajstić information content (AvgIpc) is 3.21. The minimum atomic E-state index is -0.611. The van der Waals surface area contributed by atoms with E-state index >= 15 is 0 Å². The Morgan fingerprint density at radius 1 is 1.12 bits per heavy atom. The van der Waals surface area contributed by atoms with Crippen LogP contribution in [0.3, 0.4) is 0 Å². The summed E-state index contributed by atoms with van der Waals surface area (Å²) in [6, 6.07) is 11.0. The number of halogens is 1. The number of rotatable bonds is 10. The summed E-state index contributed by atoms with van der Waals surface area (Å²) in [6.07, 6.45) is 0.649. The van der Waals surface area contributed by atoms with E-state index < -0.39 is 24.4 Å². The van der Waals surface area contributed by atoms with Gasteiger partial charge in [0.1, 0.15) is 5.82 Å². The molecule has 8 nitrogen and oxygen atoms in total. The van der Waals surface area contributed by atoms with Gasteiger partial charge in [0.25, 0.3) is 5.91 Å². The number of carbonyl (C=O) groups is 3. The number of nitrogens with zero attached hydrogens (tertiary/aromatic N) is 1. The van der Waals surface area contributed by atoms with E-state index in [1.807, 2.05) is 18.2 Å². The standard InChI is InChI=1S/C25H29FN2O6/c1-16(18-5-7-20(26)8-6-18)27-23(29)15-34-25(31)19-13-24(30)28(14-19)11-10-17-4-9-21(32-2)22(12-17)33-3/h4-9,12,16,19H,10-11,13-15H2,1-3H3,(H,27,29). The number of nitrogens with one attached hydrogen (secondary N) is 1. The number of benzene rings is 2. The second kappa shape index (κ2) is 11.5. The maximum atomic E-state index is 13.0. The fourth-order valence-corrected chi connectivity index (χ4v) is 3.82. The molecular formula is C25H29FN2O6. The highest BCUT2D eigenvalue weighted by Gasteiger charge is 2.35. The highest BCUT2D eigenvalue weighted by atomic mass is 19.1. The van der Waals surface area contributed by atoms with Crippen molar-refractivity contribution in [1.29, 1.82) is 0 Å². The molecule has 0 bridgehead atoms. The predicted molar refractivity (Wildman–Crippen MR) is 122 cm³/mol. The summed E-state index contributed by atoms with van der Waals surface area (Å²) >= 11 is 0. The summed E-state index contributed by atoms with van der Waals surface area (Å²) in [6.45, 7) is 2.01. The molecule has 0 saturated carbocycles. The second-order valence-electron chi connectivity index (χ2n) is 8.13. The molecule has 182 valence electrons. The molecule has 0 spiro atoms. The van der Waals surface area contributed by atoms with Crippen molar-refractivity contribution in [1.82, 2.24) is 10.2 Å². The van der Waals surface area contributed by atoms with Gasteiger partial charge in [-0.05, 0) is 48.7 Å². The zero-order chi connectivity index (χ0) is 24.7. The molecule has 2 atom stereocenters. The van der Waals surface area contributed by atoms with Gasteiger partial charge in [0, 0.05) is 19.5 Å². The topological polar surface area (TPSA) is 94.2 Å². The summed E-state index contributed by atoms with van der Waals surface area (Å²) < 4.78 is 28.7. The molecule has 34 heavy (non-hydrogen) atoms. The van der Waals surface area contributed by atoms with Gasteiger partial charge < -0.3 is 24.4 Å². The van der Waals surface area contributed by atoms with Crippen LogP contribution in [-0.2, 0) is 25.5 Å². The number of carbonyl (C=O) groups excluding carboxylic acids is 3. The number of amides is 2. The first-order chi connectivity index (χ1) is 16.3. The third-order valence-corrected chi connectivity index (χ3v) is 5.76. The zero-order valence-electron chi connectivity index (χ0n) is 19.5. The Hall–Kier alpha value is -3.62. The van der Waals surface area contributed by atoms with Crippen LogP contribution in [0.5, 0.6) is 11.5 Å². The van der Waals surface area contributed by atoms with Gasteiger partial charge in [-0.25, -0.2) is 4.39 Å². The zero-order valence-corrected chi connectivity index (χ0v) is 19.5. The molecule has 1 fully saturated rings. The molecule has 2 amide bonds. The highest BCUT2D eigenvalue weighted by molar-refractivity contribution is 5.88. The molecule has 2 aromatic carbocycles. The lowest BCUT2D eigenvalue weighted by Crippen LogP contribution is -2.33. The molecule has 2 unspecified atom stereocenters. The third kappa shape index (κ3) is 6.46. The molecule has 1 aliphatic rings. The van der Waals surface area contributed by atoms with Crippen LogP contribution in [0.1, 0.15) is 30.5 Å². The van der Waals surface area contributed by atoms with E-state index in [1.165, 1.54) is 12.1 Å². The Labute approximate surface area is 198 Å². The van der Waals surface area contributed by atoms with Gasteiger partial charge in [0.15, 0.2) is 18.1 Å². The Kier molecular flexibility index (Phi) is 8.45. The lowest BCUT2D eigenvalue weighted by molar-refractivity contribution is -0.152. The largest absolute Gasteiger partial charge is 0.493 e. The molecule has 2 aromatic rings. The van der Waals surface area contributed by atoms with Crippen molar-refractivity contribution in [3.05, 3.63) is 59.4 Å². The number of hydrogen-bond donors (Lipinski definition) is 1. The highest BCUT2D eigenvalue weighted by Crippen LogP contribution is 2.28. The van der Waals surface area contributed by atoms with E-state index in [0.29, 0.717) is 24.5 Å². The fraction of sp³-hybridized carbons (Fsp3) is 0.400. The van der Waals surface area contributed by atoms with Gasteiger partial charge in [-0.1, -0.05) is 18.2 Å². The van der Waals surface area contributed by atoms with E-state index in [4.69, 9.17) is 14.2 Å². The van der Waals surface area contributed by atoms with Gasteiger partial charge in [0.05, 0.1) is 26.2 Å². The van der Waals surface area contributed by atoms with Crippen LogP contribution in [0.25, 0.3) is 0 Å². The molecule has 9 heteroatoms. The normalized spacial score (nSPS) is 16.2. The van der Waals surface area contributed by atoms with Gasteiger partial charge in [-0.2, -0.15) is 0 Å². The summed E-state index contributed by atoms with van der Waals surface area (Å²) in [5.41, 5.74) is 1.70. The summed E-state index contributed by atoms with van der Waals surface area (Å²) in [5, 5.41) is 2.70. The van der Waals surface area contributed by atoms with Gasteiger partial charge in [-0.3, -0.25) is 14.4 Å². The molecule has 0 aliphatic carbocycles.